The highest BCUT2D eigenvalue weighted by Gasteiger charge is 2.11. The highest BCUT2D eigenvalue weighted by Crippen LogP contribution is 2.18. The maximum absolute atomic E-state index is 13.2. The Hall–Kier alpha value is -2.99. The molecule has 7 heteroatoms. The topological polar surface area (TPSA) is 66.9 Å². The van der Waals surface area contributed by atoms with Crippen LogP contribution in [0.5, 0.6) is 0 Å². The monoisotopic (exact) mass is 356 g/mol. The van der Waals surface area contributed by atoms with Gasteiger partial charge in [0.15, 0.2) is 0 Å². The molecule has 0 spiro atoms. The van der Waals surface area contributed by atoms with E-state index in [0.29, 0.717) is 16.4 Å². The van der Waals surface area contributed by atoms with Crippen LogP contribution in [-0.4, -0.2) is 15.9 Å². The van der Waals surface area contributed by atoms with E-state index in [-0.39, 0.29) is 11.6 Å². The minimum absolute atomic E-state index is 0.174. The number of anilines is 3. The van der Waals surface area contributed by atoms with E-state index < -0.39 is 11.7 Å². The number of hydrogen-bond donors (Lipinski definition) is 2. The maximum atomic E-state index is 13.2. The third-order valence-electron chi connectivity index (χ3n) is 3.27. The summed E-state index contributed by atoms with van der Waals surface area (Å²) >= 11 is 5.86. The van der Waals surface area contributed by atoms with Crippen LogP contribution < -0.4 is 10.6 Å². The number of amides is 1. The van der Waals surface area contributed by atoms with Crippen LogP contribution in [0.3, 0.4) is 0 Å². The van der Waals surface area contributed by atoms with Gasteiger partial charge in [-0.05, 0) is 55.5 Å². The van der Waals surface area contributed by atoms with Crippen LogP contribution in [0, 0.1) is 12.7 Å². The number of nitrogens with one attached hydrogen (secondary N) is 2. The standard InChI is InChI=1S/C18H14ClFN4O/c1-11-9-16(17(25)22-15-4-2-3-13(20)10-15)24-18(21-11)23-14-7-5-12(19)6-8-14/h2-10H,1H3,(H,22,25)(H,21,23,24). The smallest absolute Gasteiger partial charge is 0.274 e. The number of nitrogens with zero attached hydrogens (tertiary/aromatic N) is 2. The van der Waals surface area contributed by atoms with Gasteiger partial charge in [-0.2, -0.15) is 0 Å². The van der Waals surface area contributed by atoms with Crippen molar-refractivity contribution in [3.63, 3.8) is 0 Å². The number of benzene rings is 2. The van der Waals surface area contributed by atoms with Gasteiger partial charge < -0.3 is 10.6 Å². The van der Waals surface area contributed by atoms with Crippen molar-refractivity contribution in [2.45, 2.75) is 6.92 Å². The minimum atomic E-state index is -0.449. The van der Waals surface area contributed by atoms with Gasteiger partial charge >= 0.3 is 0 Å². The molecule has 0 bridgehead atoms. The summed E-state index contributed by atoms with van der Waals surface area (Å²) < 4.78 is 13.2. The van der Waals surface area contributed by atoms with Crippen molar-refractivity contribution >= 4 is 34.8 Å². The van der Waals surface area contributed by atoms with Crippen LogP contribution >= 0.6 is 11.6 Å². The van der Waals surface area contributed by atoms with Crippen molar-refractivity contribution in [2.24, 2.45) is 0 Å². The van der Waals surface area contributed by atoms with Crippen molar-refractivity contribution in [1.29, 1.82) is 0 Å². The van der Waals surface area contributed by atoms with Gasteiger partial charge in [0, 0.05) is 22.1 Å². The lowest BCUT2D eigenvalue weighted by molar-refractivity contribution is 0.102. The quantitative estimate of drug-likeness (QED) is 0.718. The molecule has 1 heterocycles. The van der Waals surface area contributed by atoms with Crippen molar-refractivity contribution in [2.75, 3.05) is 10.6 Å². The van der Waals surface area contributed by atoms with Crippen LogP contribution in [0.2, 0.25) is 5.02 Å². The largest absolute Gasteiger partial charge is 0.324 e. The average molecular weight is 357 g/mol. The molecule has 0 aliphatic heterocycles. The van der Waals surface area contributed by atoms with Gasteiger partial charge in [-0.25, -0.2) is 14.4 Å². The molecule has 0 unspecified atom stereocenters. The van der Waals surface area contributed by atoms with Crippen LogP contribution in [0.1, 0.15) is 16.2 Å². The first-order valence-electron chi connectivity index (χ1n) is 7.45. The fraction of sp³-hybridized carbons (Fsp3) is 0.0556. The normalized spacial score (nSPS) is 10.4. The average Bonchev–Trinajstić information content (AvgIpc) is 2.56. The summed E-state index contributed by atoms with van der Waals surface area (Å²) in [5.41, 5.74) is 1.89. The van der Waals surface area contributed by atoms with Crippen molar-refractivity contribution in [1.82, 2.24) is 9.97 Å². The zero-order chi connectivity index (χ0) is 17.8. The lowest BCUT2D eigenvalue weighted by Gasteiger charge is -2.09. The first-order chi connectivity index (χ1) is 12.0. The first-order valence-corrected chi connectivity index (χ1v) is 7.82. The molecular weight excluding hydrogens is 343 g/mol. The van der Waals surface area contributed by atoms with Crippen molar-refractivity contribution in [3.05, 3.63) is 76.8 Å². The maximum Gasteiger partial charge on any atom is 0.274 e. The number of rotatable bonds is 4. The molecule has 2 N–H and O–H groups in total. The molecule has 1 aromatic heterocycles. The highest BCUT2D eigenvalue weighted by atomic mass is 35.5. The van der Waals surface area contributed by atoms with E-state index in [1.807, 2.05) is 0 Å². The molecule has 2 aromatic carbocycles. The van der Waals surface area contributed by atoms with E-state index in [1.54, 1.807) is 43.3 Å². The Morgan fingerprint density at radius 3 is 2.52 bits per heavy atom. The molecule has 0 aliphatic rings. The third-order valence-corrected chi connectivity index (χ3v) is 3.52. The number of aromatic nitrogens is 2. The molecule has 5 nitrogen and oxygen atoms in total. The molecule has 126 valence electrons. The molecule has 0 radical (unpaired) electrons. The predicted molar refractivity (Wildman–Crippen MR) is 95.9 cm³/mol. The number of carbonyl (C=O) groups is 1. The fourth-order valence-corrected chi connectivity index (χ4v) is 2.29. The number of carbonyl (C=O) groups excluding carboxylic acids is 1. The first kappa shape index (κ1) is 16.9. The second-order valence-electron chi connectivity index (χ2n) is 5.31. The van der Waals surface area contributed by atoms with Gasteiger partial charge in [-0.1, -0.05) is 17.7 Å². The third kappa shape index (κ3) is 4.51. The lowest BCUT2D eigenvalue weighted by Crippen LogP contribution is -2.15. The molecule has 0 saturated heterocycles. The van der Waals surface area contributed by atoms with E-state index in [4.69, 9.17) is 11.6 Å². The lowest BCUT2D eigenvalue weighted by atomic mass is 10.2. The molecule has 0 saturated carbocycles. The second kappa shape index (κ2) is 7.27. The van der Waals surface area contributed by atoms with Gasteiger partial charge in [0.1, 0.15) is 11.5 Å². The summed E-state index contributed by atoms with van der Waals surface area (Å²) in [4.78, 5) is 20.8. The van der Waals surface area contributed by atoms with Gasteiger partial charge in [0.2, 0.25) is 5.95 Å². The van der Waals surface area contributed by atoms with E-state index in [2.05, 4.69) is 20.6 Å². The van der Waals surface area contributed by atoms with Gasteiger partial charge in [-0.15, -0.1) is 0 Å². The van der Waals surface area contributed by atoms with Gasteiger partial charge in [0.05, 0.1) is 0 Å². The number of hydrogen-bond acceptors (Lipinski definition) is 4. The molecule has 1 amide bonds. The molecule has 25 heavy (non-hydrogen) atoms. The van der Waals surface area contributed by atoms with E-state index >= 15 is 0 Å². The van der Waals surface area contributed by atoms with Gasteiger partial charge in [0.25, 0.3) is 5.91 Å². The summed E-state index contributed by atoms with van der Waals surface area (Å²) in [6, 6.07) is 14.2. The fourth-order valence-electron chi connectivity index (χ4n) is 2.16. The molecule has 3 aromatic rings. The molecule has 3 rings (SSSR count). The summed E-state index contributed by atoms with van der Waals surface area (Å²) in [7, 11) is 0. The zero-order valence-electron chi connectivity index (χ0n) is 13.3. The van der Waals surface area contributed by atoms with Crippen LogP contribution in [-0.2, 0) is 0 Å². The van der Waals surface area contributed by atoms with Crippen LogP contribution in [0.4, 0.5) is 21.7 Å². The summed E-state index contributed by atoms with van der Waals surface area (Å²) in [6.45, 7) is 1.76. The summed E-state index contributed by atoms with van der Waals surface area (Å²) in [6.07, 6.45) is 0. The second-order valence-corrected chi connectivity index (χ2v) is 5.75. The van der Waals surface area contributed by atoms with E-state index in [1.165, 1.54) is 18.2 Å². The molecule has 0 atom stereocenters. The Balaban J connectivity index is 1.80. The van der Waals surface area contributed by atoms with E-state index in [0.717, 1.165) is 5.69 Å². The molecule has 0 fully saturated rings. The summed E-state index contributed by atoms with van der Waals surface area (Å²) in [5.74, 6) is -0.594. The Bertz CT molecular complexity index is 915. The number of halogens is 2. The Morgan fingerprint density at radius 1 is 1.04 bits per heavy atom. The van der Waals surface area contributed by atoms with Crippen LogP contribution in [0.25, 0.3) is 0 Å². The highest BCUT2D eigenvalue weighted by molar-refractivity contribution is 6.30. The Morgan fingerprint density at radius 2 is 1.80 bits per heavy atom. The minimum Gasteiger partial charge on any atom is -0.324 e. The van der Waals surface area contributed by atoms with Crippen molar-refractivity contribution < 1.29 is 9.18 Å². The number of aryl methyl sites for hydroxylation is 1. The Kier molecular flexibility index (Phi) is 4.90. The van der Waals surface area contributed by atoms with Gasteiger partial charge in [-0.3, -0.25) is 4.79 Å². The zero-order valence-corrected chi connectivity index (χ0v) is 14.0. The molecular formula is C18H14ClFN4O. The summed E-state index contributed by atoms with van der Waals surface area (Å²) in [5, 5.41) is 6.25. The van der Waals surface area contributed by atoms with E-state index in [9.17, 15) is 9.18 Å². The predicted octanol–water partition coefficient (Wildman–Crippen LogP) is 4.57. The van der Waals surface area contributed by atoms with Crippen LogP contribution in [0.15, 0.2) is 54.6 Å². The molecule has 0 aliphatic carbocycles. The van der Waals surface area contributed by atoms with Crippen molar-refractivity contribution in [3.8, 4) is 0 Å². The Labute approximate surface area is 148 Å². The SMILES string of the molecule is Cc1cc(C(=O)Nc2cccc(F)c2)nc(Nc2ccc(Cl)cc2)n1.